The van der Waals surface area contributed by atoms with Crippen molar-refractivity contribution < 1.29 is 4.79 Å². The molecule has 0 unspecified atom stereocenters. The Morgan fingerprint density at radius 2 is 1.67 bits per heavy atom. The predicted molar refractivity (Wildman–Crippen MR) is 76.1 cm³/mol. The summed E-state index contributed by atoms with van der Waals surface area (Å²) in [4.78, 5) is 39.7. The SMILES string of the molecule is O=C(NN=c1c(=O)c2ccccc2c1=O)c1cccnc1. The molecule has 6 nitrogen and oxygen atoms in total. The van der Waals surface area contributed by atoms with Gasteiger partial charge in [-0.3, -0.25) is 19.4 Å². The van der Waals surface area contributed by atoms with Crippen LogP contribution in [0.3, 0.4) is 0 Å². The van der Waals surface area contributed by atoms with Crippen molar-refractivity contribution in [3.05, 3.63) is 80.2 Å². The lowest BCUT2D eigenvalue weighted by Gasteiger charge is -1.96. The fraction of sp³-hybridized carbons (Fsp3) is 0. The molecule has 3 rings (SSSR count). The number of nitrogens with zero attached hydrogens (tertiary/aromatic N) is 2. The summed E-state index contributed by atoms with van der Waals surface area (Å²) < 4.78 is 0. The van der Waals surface area contributed by atoms with Crippen LogP contribution in [-0.4, -0.2) is 10.9 Å². The molecule has 1 N–H and O–H groups in total. The minimum absolute atomic E-state index is 0.284. The van der Waals surface area contributed by atoms with Gasteiger partial charge in [-0.25, -0.2) is 5.43 Å². The Hall–Kier alpha value is -3.15. The number of benzene rings is 1. The summed E-state index contributed by atoms with van der Waals surface area (Å²) in [5.74, 6) is -0.535. The van der Waals surface area contributed by atoms with Crippen LogP contribution in [0.2, 0.25) is 0 Å². The van der Waals surface area contributed by atoms with Gasteiger partial charge in [0.1, 0.15) is 0 Å². The second-order valence-electron chi connectivity index (χ2n) is 4.35. The van der Waals surface area contributed by atoms with Crippen molar-refractivity contribution >= 4 is 16.7 Å². The summed E-state index contributed by atoms with van der Waals surface area (Å²) in [6.07, 6.45) is 2.89. The number of carbonyl (C=O) groups is 1. The van der Waals surface area contributed by atoms with E-state index in [1.54, 1.807) is 36.4 Å². The van der Waals surface area contributed by atoms with Gasteiger partial charge < -0.3 is 0 Å². The van der Waals surface area contributed by atoms with E-state index in [2.05, 4.69) is 15.5 Å². The molecule has 1 amide bonds. The zero-order valence-electron chi connectivity index (χ0n) is 10.7. The third-order valence-corrected chi connectivity index (χ3v) is 3.04. The van der Waals surface area contributed by atoms with Crippen molar-refractivity contribution in [1.82, 2.24) is 10.4 Å². The summed E-state index contributed by atoms with van der Waals surface area (Å²) in [5, 5.41) is 3.99. The number of hydrogen-bond acceptors (Lipinski definition) is 5. The van der Waals surface area contributed by atoms with Crippen molar-refractivity contribution in [2.24, 2.45) is 5.10 Å². The van der Waals surface area contributed by atoms with Crippen LogP contribution in [0.15, 0.2) is 63.5 Å². The molecule has 21 heavy (non-hydrogen) atoms. The van der Waals surface area contributed by atoms with Crippen molar-refractivity contribution in [3.63, 3.8) is 0 Å². The van der Waals surface area contributed by atoms with Gasteiger partial charge in [0.25, 0.3) is 5.91 Å². The number of fused-ring (bicyclic) bond motifs is 1. The molecule has 0 radical (unpaired) electrons. The van der Waals surface area contributed by atoms with E-state index in [9.17, 15) is 14.4 Å². The van der Waals surface area contributed by atoms with E-state index in [4.69, 9.17) is 0 Å². The van der Waals surface area contributed by atoms with E-state index in [1.807, 2.05) is 0 Å². The first-order chi connectivity index (χ1) is 10.2. The maximum absolute atomic E-state index is 12.0. The van der Waals surface area contributed by atoms with Gasteiger partial charge in [-0.15, -0.1) is 0 Å². The van der Waals surface area contributed by atoms with E-state index in [-0.39, 0.29) is 10.9 Å². The lowest BCUT2D eigenvalue weighted by molar-refractivity contribution is 0.0952. The van der Waals surface area contributed by atoms with Crippen LogP contribution in [0, 0.1) is 0 Å². The normalized spacial score (nSPS) is 10.5. The molecule has 0 fully saturated rings. The predicted octanol–water partition coefficient (Wildman–Crippen LogP) is 0.0765. The average molecular weight is 279 g/mol. The second kappa shape index (κ2) is 5.09. The van der Waals surface area contributed by atoms with Gasteiger partial charge in [0.15, 0.2) is 5.36 Å². The lowest BCUT2D eigenvalue weighted by Crippen LogP contribution is -2.35. The van der Waals surface area contributed by atoms with Crippen LogP contribution >= 0.6 is 0 Å². The number of aromatic nitrogens is 1. The van der Waals surface area contributed by atoms with E-state index in [0.717, 1.165) is 0 Å². The molecule has 0 spiro atoms. The summed E-state index contributed by atoms with van der Waals surface area (Å²) >= 11 is 0. The molecule has 0 aliphatic carbocycles. The second-order valence-corrected chi connectivity index (χ2v) is 4.35. The topological polar surface area (TPSA) is 88.5 Å². The van der Waals surface area contributed by atoms with Gasteiger partial charge in [-0.2, -0.15) is 5.10 Å². The standard InChI is InChI=1S/C15H9N3O3/c19-13-10-5-1-2-6-11(10)14(20)12(13)17-18-15(21)9-4-3-7-16-8-9/h1-8H,(H,18,21). The molecule has 0 saturated carbocycles. The Morgan fingerprint density at radius 1 is 1.00 bits per heavy atom. The Labute approximate surface area is 118 Å². The van der Waals surface area contributed by atoms with E-state index < -0.39 is 16.8 Å². The fourth-order valence-corrected chi connectivity index (χ4v) is 2.01. The third kappa shape index (κ3) is 2.23. The molecule has 0 aliphatic heterocycles. The Balaban J connectivity index is 2.04. The zero-order valence-corrected chi connectivity index (χ0v) is 10.7. The molecular weight excluding hydrogens is 270 g/mol. The van der Waals surface area contributed by atoms with Gasteiger partial charge in [-0.1, -0.05) is 24.3 Å². The molecule has 102 valence electrons. The highest BCUT2D eigenvalue weighted by atomic mass is 16.2. The molecule has 0 aliphatic rings. The monoisotopic (exact) mass is 279 g/mol. The van der Waals surface area contributed by atoms with E-state index in [1.165, 1.54) is 12.4 Å². The maximum atomic E-state index is 12.0. The molecule has 1 aromatic heterocycles. The van der Waals surface area contributed by atoms with Crippen molar-refractivity contribution in [3.8, 4) is 0 Å². The average Bonchev–Trinajstić information content (AvgIpc) is 2.78. The number of hydrogen-bond donors (Lipinski definition) is 1. The molecule has 2 aromatic carbocycles. The Kier molecular flexibility index (Phi) is 3.12. The summed E-state index contributed by atoms with van der Waals surface area (Å²) in [6, 6.07) is 9.60. The summed E-state index contributed by atoms with van der Waals surface area (Å²) in [7, 11) is 0. The van der Waals surface area contributed by atoms with E-state index >= 15 is 0 Å². The van der Waals surface area contributed by atoms with Gasteiger partial charge in [0, 0.05) is 23.2 Å². The highest BCUT2D eigenvalue weighted by Crippen LogP contribution is 2.01. The number of rotatable bonds is 2. The minimum atomic E-state index is -0.535. The highest BCUT2D eigenvalue weighted by molar-refractivity contribution is 5.93. The van der Waals surface area contributed by atoms with Crippen LogP contribution in [0.1, 0.15) is 10.4 Å². The van der Waals surface area contributed by atoms with Crippen LogP contribution in [0.5, 0.6) is 0 Å². The van der Waals surface area contributed by atoms with Crippen LogP contribution < -0.4 is 21.6 Å². The van der Waals surface area contributed by atoms with E-state index in [0.29, 0.717) is 10.8 Å². The van der Waals surface area contributed by atoms with Crippen molar-refractivity contribution in [2.45, 2.75) is 0 Å². The van der Waals surface area contributed by atoms with Gasteiger partial charge in [-0.05, 0) is 12.1 Å². The van der Waals surface area contributed by atoms with Gasteiger partial charge in [0.2, 0.25) is 10.9 Å². The summed E-state index contributed by atoms with van der Waals surface area (Å²) in [6.45, 7) is 0. The maximum Gasteiger partial charge on any atom is 0.272 e. The van der Waals surface area contributed by atoms with Gasteiger partial charge >= 0.3 is 0 Å². The first-order valence-electron chi connectivity index (χ1n) is 6.15. The summed E-state index contributed by atoms with van der Waals surface area (Å²) in [5.41, 5.74) is 1.52. The minimum Gasteiger partial charge on any atom is -0.287 e. The first kappa shape index (κ1) is 12.9. The van der Waals surface area contributed by atoms with Crippen molar-refractivity contribution in [1.29, 1.82) is 0 Å². The van der Waals surface area contributed by atoms with Crippen LogP contribution in [0.4, 0.5) is 0 Å². The molecule has 0 saturated heterocycles. The smallest absolute Gasteiger partial charge is 0.272 e. The molecule has 6 heteroatoms. The Bertz CT molecular complexity index is 921. The number of amides is 1. The quantitative estimate of drug-likeness (QED) is 0.673. The molecule has 3 aromatic rings. The van der Waals surface area contributed by atoms with Gasteiger partial charge in [0.05, 0.1) is 5.56 Å². The fourth-order valence-electron chi connectivity index (χ4n) is 2.01. The molecular formula is C15H9N3O3. The van der Waals surface area contributed by atoms with Crippen LogP contribution in [-0.2, 0) is 0 Å². The zero-order chi connectivity index (χ0) is 14.8. The third-order valence-electron chi connectivity index (χ3n) is 3.04. The molecule has 0 bridgehead atoms. The lowest BCUT2D eigenvalue weighted by atomic mass is 10.2. The van der Waals surface area contributed by atoms with Crippen molar-refractivity contribution in [2.75, 3.05) is 0 Å². The Morgan fingerprint density at radius 3 is 2.24 bits per heavy atom. The first-order valence-corrected chi connectivity index (χ1v) is 6.15. The molecule has 0 atom stereocenters. The molecule has 1 heterocycles. The van der Waals surface area contributed by atoms with Crippen LogP contribution in [0.25, 0.3) is 10.8 Å². The largest absolute Gasteiger partial charge is 0.287 e. The highest BCUT2D eigenvalue weighted by Gasteiger charge is 2.10. The number of pyridine rings is 1. The number of nitrogens with one attached hydrogen (secondary N) is 1. The number of carbonyl (C=O) groups excluding carboxylic acids is 1.